The van der Waals surface area contributed by atoms with Gasteiger partial charge in [-0.25, -0.2) is 0 Å². The number of fused-ring (bicyclic) bond motifs is 7. The minimum atomic E-state index is 0.0767. The van der Waals surface area contributed by atoms with Gasteiger partial charge in [0.2, 0.25) is 0 Å². The van der Waals surface area contributed by atoms with E-state index >= 15 is 0 Å². The van der Waals surface area contributed by atoms with Crippen LogP contribution in [-0.4, -0.2) is 66.1 Å². The summed E-state index contributed by atoms with van der Waals surface area (Å²) >= 11 is 0. The molecule has 5 fully saturated rings. The number of aromatic nitrogens is 1. The van der Waals surface area contributed by atoms with Gasteiger partial charge in [-0.3, -0.25) is 19.6 Å². The highest BCUT2D eigenvalue weighted by atomic mass is 16.5. The Balaban J connectivity index is 0.980. The highest BCUT2D eigenvalue weighted by Gasteiger charge is 2.70. The second-order valence-electron chi connectivity index (χ2n) is 20.0. The minimum absolute atomic E-state index is 0.0767. The van der Waals surface area contributed by atoms with E-state index in [1.807, 2.05) is 24.5 Å². The highest BCUT2D eigenvalue weighted by Crippen LogP contribution is 2.76. The van der Waals surface area contributed by atoms with Crippen LogP contribution in [0.25, 0.3) is 5.57 Å². The first-order chi connectivity index (χ1) is 25.8. The molecule has 4 saturated carbocycles. The van der Waals surface area contributed by atoms with E-state index in [4.69, 9.17) is 4.74 Å². The van der Waals surface area contributed by atoms with Gasteiger partial charge in [0.25, 0.3) is 6.47 Å². The van der Waals surface area contributed by atoms with Gasteiger partial charge in [0.05, 0.1) is 0 Å². The number of carbonyl (C=O) groups is 1. The maximum atomic E-state index is 10.9. The molecule has 1 aromatic carbocycles. The molecule has 9 atom stereocenters. The molecule has 1 aromatic heterocycles. The summed E-state index contributed by atoms with van der Waals surface area (Å²) in [5.41, 5.74) is 6.78. The molecule has 0 bridgehead atoms. The van der Waals surface area contributed by atoms with E-state index in [2.05, 4.69) is 98.6 Å². The molecular formula is C48H68N4O2. The molecule has 6 heteroatoms. The molecule has 1 N–H and O–H groups in total. The van der Waals surface area contributed by atoms with Gasteiger partial charge in [-0.2, -0.15) is 0 Å². The lowest BCUT2D eigenvalue weighted by molar-refractivity contribution is -0.219. The van der Waals surface area contributed by atoms with Crippen LogP contribution in [0.2, 0.25) is 0 Å². The first-order valence-electron chi connectivity index (χ1n) is 21.5. The Labute approximate surface area is 326 Å². The highest BCUT2D eigenvalue weighted by molar-refractivity contribution is 5.72. The number of carbonyl (C=O) groups excluding carboxylic acids is 1. The SMILES string of the molecule is C=C(C)[C@@H]1CC[C@]2(NCCN3CCN(Cc4cccnc4)CC3)CC[C@]3(C)[C@H](CC[C@@H]4[C@@]5(C)CC=C(c6ccc(OC=O)cc6)C(C)(C)[C@@H]5CC[C@]43C)[C@@H]12. The topological polar surface area (TPSA) is 57.7 Å². The van der Waals surface area contributed by atoms with E-state index in [0.29, 0.717) is 40.8 Å². The van der Waals surface area contributed by atoms with Gasteiger partial charge in [0.15, 0.2) is 0 Å². The number of piperazine rings is 1. The van der Waals surface area contributed by atoms with Crippen LogP contribution in [0.3, 0.4) is 0 Å². The maximum absolute atomic E-state index is 10.9. The summed E-state index contributed by atoms with van der Waals surface area (Å²) in [6, 6.07) is 12.5. The minimum Gasteiger partial charge on any atom is -0.429 e. The number of ether oxygens (including phenoxy) is 1. The molecule has 1 saturated heterocycles. The smallest absolute Gasteiger partial charge is 0.298 e. The number of hydrogen-bond donors (Lipinski definition) is 1. The van der Waals surface area contributed by atoms with E-state index in [1.165, 1.54) is 73.6 Å². The molecule has 6 nitrogen and oxygen atoms in total. The fourth-order valence-electron chi connectivity index (χ4n) is 14.7. The number of nitrogens with zero attached hydrogens (tertiary/aromatic N) is 3. The molecule has 5 aliphatic carbocycles. The Morgan fingerprint density at radius 3 is 2.37 bits per heavy atom. The maximum Gasteiger partial charge on any atom is 0.298 e. The quantitative estimate of drug-likeness (QED) is 0.194. The van der Waals surface area contributed by atoms with Crippen LogP contribution in [-0.2, 0) is 11.3 Å². The lowest BCUT2D eigenvalue weighted by atomic mass is 9.33. The summed E-state index contributed by atoms with van der Waals surface area (Å²) in [6.07, 6.45) is 18.3. The monoisotopic (exact) mass is 733 g/mol. The van der Waals surface area contributed by atoms with E-state index in [1.54, 1.807) is 0 Å². The predicted octanol–water partition coefficient (Wildman–Crippen LogP) is 9.43. The van der Waals surface area contributed by atoms with Crippen molar-refractivity contribution in [1.82, 2.24) is 20.1 Å². The molecule has 8 rings (SSSR count). The molecule has 2 aromatic rings. The molecule has 0 unspecified atom stereocenters. The van der Waals surface area contributed by atoms with Crippen LogP contribution in [0.5, 0.6) is 5.75 Å². The van der Waals surface area contributed by atoms with Crippen LogP contribution in [0.15, 0.2) is 67.0 Å². The third-order valence-electron chi connectivity index (χ3n) is 17.5. The third-order valence-corrected chi connectivity index (χ3v) is 17.5. The Morgan fingerprint density at radius 1 is 0.907 bits per heavy atom. The summed E-state index contributed by atoms with van der Waals surface area (Å²) in [7, 11) is 0. The fourth-order valence-corrected chi connectivity index (χ4v) is 14.7. The Kier molecular flexibility index (Phi) is 10.1. The molecule has 54 heavy (non-hydrogen) atoms. The zero-order valence-electron chi connectivity index (χ0n) is 34.3. The molecule has 292 valence electrons. The predicted molar refractivity (Wildman–Crippen MR) is 220 cm³/mol. The van der Waals surface area contributed by atoms with Gasteiger partial charge < -0.3 is 10.1 Å². The average molecular weight is 733 g/mol. The van der Waals surface area contributed by atoms with Crippen molar-refractivity contribution < 1.29 is 9.53 Å². The van der Waals surface area contributed by atoms with Crippen LogP contribution >= 0.6 is 0 Å². The Hall–Kier alpha value is -2.80. The summed E-state index contributed by atoms with van der Waals surface area (Å²) in [4.78, 5) is 20.5. The molecule has 2 heterocycles. The van der Waals surface area contributed by atoms with Gasteiger partial charge in [-0.1, -0.05) is 71.0 Å². The van der Waals surface area contributed by atoms with E-state index in [9.17, 15) is 4.79 Å². The second kappa shape index (κ2) is 14.3. The van der Waals surface area contributed by atoms with Crippen molar-refractivity contribution in [1.29, 1.82) is 0 Å². The molecule has 0 radical (unpaired) electrons. The standard InChI is InChI=1S/C48H68N4O2/c1-34(2)38-16-21-48(50-25-26-51-27-29-52(30-28-51)32-35-9-8-24-49-31-35)23-22-46(6)40(43(38)48)14-15-42-45(5)19-17-39(36-10-12-37(13-11-36)54-33-53)44(3,4)41(45)18-20-47(42,46)7/h8-13,17,24,31,33,38,40-43,50H,1,14-16,18-23,25-30,32H2,2-7H3/t38-,40+,41-,42+,43+,45-,46+,47+,48-/m0/s1. The summed E-state index contributed by atoms with van der Waals surface area (Å²) in [6.45, 7) is 28.6. The van der Waals surface area contributed by atoms with Crippen molar-refractivity contribution >= 4 is 12.0 Å². The molecule has 0 amide bonds. The van der Waals surface area contributed by atoms with Crippen LogP contribution in [0.1, 0.15) is 110 Å². The van der Waals surface area contributed by atoms with Crippen molar-refractivity contribution in [3.05, 3.63) is 78.1 Å². The Morgan fingerprint density at radius 2 is 1.67 bits per heavy atom. The fraction of sp³-hybridized carbons (Fsp3) is 0.667. The second-order valence-corrected chi connectivity index (χ2v) is 20.0. The van der Waals surface area contributed by atoms with Gasteiger partial charge in [0, 0.05) is 63.7 Å². The zero-order chi connectivity index (χ0) is 37.9. The number of pyridine rings is 1. The van der Waals surface area contributed by atoms with Crippen molar-refractivity contribution in [3.8, 4) is 5.75 Å². The molecule has 6 aliphatic rings. The van der Waals surface area contributed by atoms with E-state index in [-0.39, 0.29) is 16.4 Å². The number of rotatable bonds is 10. The molecular weight excluding hydrogens is 665 g/mol. The van der Waals surface area contributed by atoms with Crippen LogP contribution in [0.4, 0.5) is 0 Å². The number of allylic oxidation sites excluding steroid dienone is 3. The summed E-state index contributed by atoms with van der Waals surface area (Å²) < 4.78 is 5.13. The van der Waals surface area contributed by atoms with Gasteiger partial charge >= 0.3 is 0 Å². The van der Waals surface area contributed by atoms with E-state index < -0.39 is 0 Å². The lowest BCUT2D eigenvalue weighted by Gasteiger charge is -2.72. The lowest BCUT2D eigenvalue weighted by Crippen LogP contribution is -2.68. The zero-order valence-corrected chi connectivity index (χ0v) is 34.3. The first kappa shape index (κ1) is 38.1. The number of nitrogens with one attached hydrogen (secondary N) is 1. The Bertz CT molecular complexity index is 1710. The van der Waals surface area contributed by atoms with Crippen molar-refractivity contribution in [3.63, 3.8) is 0 Å². The van der Waals surface area contributed by atoms with Gasteiger partial charge in [-0.05, 0) is 151 Å². The summed E-state index contributed by atoms with van der Waals surface area (Å²) in [5.74, 6) is 4.05. The van der Waals surface area contributed by atoms with Gasteiger partial charge in [0.1, 0.15) is 5.75 Å². The average Bonchev–Trinajstić information content (AvgIpc) is 3.54. The van der Waals surface area contributed by atoms with Crippen LogP contribution in [0, 0.1) is 51.2 Å². The third kappa shape index (κ3) is 6.16. The normalized spacial score (nSPS) is 39.0. The van der Waals surface area contributed by atoms with E-state index in [0.717, 1.165) is 64.1 Å². The van der Waals surface area contributed by atoms with Gasteiger partial charge in [-0.15, -0.1) is 0 Å². The molecule has 0 spiro atoms. The molecule has 1 aliphatic heterocycles. The van der Waals surface area contributed by atoms with Crippen molar-refractivity contribution in [2.24, 2.45) is 51.2 Å². The van der Waals surface area contributed by atoms with Crippen molar-refractivity contribution in [2.75, 3.05) is 39.3 Å². The van der Waals surface area contributed by atoms with Crippen molar-refractivity contribution in [2.45, 2.75) is 111 Å². The largest absolute Gasteiger partial charge is 0.429 e. The summed E-state index contributed by atoms with van der Waals surface area (Å²) in [5, 5.41) is 4.37. The number of benzene rings is 1. The number of hydrogen-bond acceptors (Lipinski definition) is 6. The van der Waals surface area contributed by atoms with Crippen LogP contribution < -0.4 is 10.1 Å². The first-order valence-corrected chi connectivity index (χ1v) is 21.5.